The van der Waals surface area contributed by atoms with Crippen LogP contribution in [0.15, 0.2) is 24.3 Å². The van der Waals surface area contributed by atoms with Crippen molar-refractivity contribution in [3.05, 3.63) is 29.8 Å². The van der Waals surface area contributed by atoms with E-state index in [0.29, 0.717) is 18.2 Å². The molecule has 0 saturated heterocycles. The van der Waals surface area contributed by atoms with Gasteiger partial charge in [-0.2, -0.15) is 0 Å². The summed E-state index contributed by atoms with van der Waals surface area (Å²) in [4.78, 5) is 10.9. The lowest BCUT2D eigenvalue weighted by Gasteiger charge is -2.16. The molecule has 1 rings (SSSR count). The van der Waals surface area contributed by atoms with Crippen LogP contribution in [0, 0.1) is 0 Å². The molecule has 0 amide bonds. The van der Waals surface area contributed by atoms with Crippen molar-refractivity contribution < 1.29 is 14.6 Å². The molecule has 0 fully saturated rings. The Balaban J connectivity index is 2.73. The Labute approximate surface area is 108 Å². The maximum atomic E-state index is 10.9. The predicted molar refractivity (Wildman–Crippen MR) is 70.9 cm³/mol. The molecule has 0 aromatic heterocycles. The summed E-state index contributed by atoms with van der Waals surface area (Å²) < 4.78 is 5.41. The molecule has 0 heterocycles. The molecule has 100 valence electrons. The van der Waals surface area contributed by atoms with Crippen LogP contribution in [0.4, 0.5) is 0 Å². The summed E-state index contributed by atoms with van der Waals surface area (Å²) in [5.41, 5.74) is 1.18. The minimum atomic E-state index is -0.928. The Morgan fingerprint density at radius 3 is 2.28 bits per heavy atom. The topological polar surface area (TPSA) is 58.6 Å². The Hall–Kier alpha value is -1.55. The van der Waals surface area contributed by atoms with Crippen LogP contribution >= 0.6 is 0 Å². The van der Waals surface area contributed by atoms with Gasteiger partial charge < -0.3 is 15.2 Å². The lowest BCUT2D eigenvalue weighted by Crippen LogP contribution is -2.25. The second-order valence-electron chi connectivity index (χ2n) is 4.17. The summed E-state index contributed by atoms with van der Waals surface area (Å²) in [5, 5.41) is 12.1. The quantitative estimate of drug-likeness (QED) is 0.782. The third kappa shape index (κ3) is 3.74. The van der Waals surface area contributed by atoms with E-state index < -0.39 is 12.1 Å². The summed E-state index contributed by atoms with van der Waals surface area (Å²) in [7, 11) is 1.93. The maximum absolute atomic E-state index is 10.9. The molecule has 0 aliphatic heterocycles. The zero-order chi connectivity index (χ0) is 13.5. The van der Waals surface area contributed by atoms with Crippen molar-refractivity contribution in [1.29, 1.82) is 0 Å². The fourth-order valence-corrected chi connectivity index (χ4v) is 1.86. The minimum Gasteiger partial charge on any atom is -0.479 e. The van der Waals surface area contributed by atoms with E-state index in [1.165, 1.54) is 5.56 Å². The molecule has 2 N–H and O–H groups in total. The molecule has 0 aliphatic rings. The van der Waals surface area contributed by atoms with Gasteiger partial charge in [-0.25, -0.2) is 4.79 Å². The molecular formula is C14H21NO3. The van der Waals surface area contributed by atoms with E-state index in [1.807, 2.05) is 31.3 Å². The first-order valence-electron chi connectivity index (χ1n) is 6.29. The number of aliphatic carboxylic acids is 1. The fraction of sp³-hybridized carbons (Fsp3) is 0.500. The monoisotopic (exact) mass is 251 g/mol. The van der Waals surface area contributed by atoms with Crippen LogP contribution in [-0.4, -0.2) is 24.2 Å². The van der Waals surface area contributed by atoms with Crippen molar-refractivity contribution in [2.45, 2.75) is 38.8 Å². The average Bonchev–Trinajstić information content (AvgIpc) is 2.38. The lowest BCUT2D eigenvalue weighted by molar-refractivity contribution is -0.145. The number of benzene rings is 1. The normalized spacial score (nSPS) is 13.9. The van der Waals surface area contributed by atoms with Crippen molar-refractivity contribution in [2.75, 3.05) is 7.05 Å². The molecule has 1 aromatic rings. The Morgan fingerprint density at radius 2 is 1.89 bits per heavy atom. The van der Waals surface area contributed by atoms with E-state index in [2.05, 4.69) is 12.2 Å². The molecule has 2 atom stereocenters. The molecular weight excluding hydrogens is 230 g/mol. The SMILES string of the molecule is CCC(Oc1ccc(C(CC)NC)cc1)C(=O)O. The first-order valence-corrected chi connectivity index (χ1v) is 6.29. The highest BCUT2D eigenvalue weighted by Crippen LogP contribution is 2.20. The molecule has 0 bridgehead atoms. The molecule has 0 saturated carbocycles. The van der Waals surface area contributed by atoms with Crippen molar-refractivity contribution >= 4 is 5.97 Å². The Morgan fingerprint density at radius 1 is 1.28 bits per heavy atom. The number of carboxylic acid groups (broad SMARTS) is 1. The summed E-state index contributed by atoms with van der Waals surface area (Å²) in [6.07, 6.45) is 0.677. The molecule has 4 nitrogen and oxygen atoms in total. The average molecular weight is 251 g/mol. The van der Waals surface area contributed by atoms with Crippen LogP contribution in [0.5, 0.6) is 5.75 Å². The van der Waals surface area contributed by atoms with Gasteiger partial charge in [0.15, 0.2) is 6.10 Å². The number of carbonyl (C=O) groups is 1. The third-order valence-electron chi connectivity index (χ3n) is 2.96. The zero-order valence-electron chi connectivity index (χ0n) is 11.1. The molecule has 1 aromatic carbocycles. The van der Waals surface area contributed by atoms with Gasteiger partial charge in [0.25, 0.3) is 0 Å². The smallest absolute Gasteiger partial charge is 0.344 e. The molecule has 0 aliphatic carbocycles. The number of hydrogen-bond acceptors (Lipinski definition) is 3. The molecule has 2 unspecified atom stereocenters. The van der Waals surface area contributed by atoms with Gasteiger partial charge in [-0.1, -0.05) is 26.0 Å². The number of carboxylic acids is 1. The molecule has 4 heteroatoms. The summed E-state index contributed by atoms with van der Waals surface area (Å²) in [6.45, 7) is 3.91. The maximum Gasteiger partial charge on any atom is 0.344 e. The molecule has 18 heavy (non-hydrogen) atoms. The Bertz CT molecular complexity index is 371. The number of ether oxygens (including phenoxy) is 1. The van der Waals surface area contributed by atoms with Crippen LogP contribution in [0.3, 0.4) is 0 Å². The standard InChI is InChI=1S/C14H21NO3/c1-4-12(15-3)10-6-8-11(9-7-10)18-13(5-2)14(16)17/h6-9,12-13,15H,4-5H2,1-3H3,(H,16,17). The Kier molecular flexibility index (Phi) is 5.65. The van der Waals surface area contributed by atoms with E-state index in [0.717, 1.165) is 6.42 Å². The van der Waals surface area contributed by atoms with Crippen molar-refractivity contribution in [2.24, 2.45) is 0 Å². The second-order valence-corrected chi connectivity index (χ2v) is 4.17. The molecule has 0 spiro atoms. The van der Waals surface area contributed by atoms with Crippen LogP contribution in [0.1, 0.15) is 38.3 Å². The lowest BCUT2D eigenvalue weighted by atomic mass is 10.0. The summed E-state index contributed by atoms with van der Waals surface area (Å²) in [5.74, 6) is -0.331. The van der Waals surface area contributed by atoms with E-state index >= 15 is 0 Å². The summed E-state index contributed by atoms with van der Waals surface area (Å²) in [6, 6.07) is 7.89. The fourth-order valence-electron chi connectivity index (χ4n) is 1.86. The van der Waals surface area contributed by atoms with E-state index in [-0.39, 0.29) is 0 Å². The van der Waals surface area contributed by atoms with Gasteiger partial charge in [-0.15, -0.1) is 0 Å². The highest BCUT2D eigenvalue weighted by Gasteiger charge is 2.16. The first-order chi connectivity index (χ1) is 8.62. The highest BCUT2D eigenvalue weighted by molar-refractivity contribution is 5.72. The van der Waals surface area contributed by atoms with Crippen molar-refractivity contribution in [3.8, 4) is 5.75 Å². The van der Waals surface area contributed by atoms with Crippen LogP contribution in [0.25, 0.3) is 0 Å². The first kappa shape index (κ1) is 14.5. The van der Waals surface area contributed by atoms with Crippen LogP contribution < -0.4 is 10.1 Å². The van der Waals surface area contributed by atoms with Gasteiger partial charge in [0.1, 0.15) is 5.75 Å². The number of nitrogens with one attached hydrogen (secondary N) is 1. The third-order valence-corrected chi connectivity index (χ3v) is 2.96. The largest absolute Gasteiger partial charge is 0.479 e. The van der Waals surface area contributed by atoms with Crippen molar-refractivity contribution in [3.63, 3.8) is 0 Å². The van der Waals surface area contributed by atoms with Gasteiger partial charge in [-0.3, -0.25) is 0 Å². The van der Waals surface area contributed by atoms with Gasteiger partial charge in [0, 0.05) is 6.04 Å². The zero-order valence-corrected chi connectivity index (χ0v) is 11.1. The van der Waals surface area contributed by atoms with Crippen molar-refractivity contribution in [1.82, 2.24) is 5.32 Å². The van der Waals surface area contributed by atoms with Gasteiger partial charge >= 0.3 is 5.97 Å². The van der Waals surface area contributed by atoms with E-state index in [4.69, 9.17) is 9.84 Å². The van der Waals surface area contributed by atoms with Crippen LogP contribution in [-0.2, 0) is 4.79 Å². The minimum absolute atomic E-state index is 0.320. The number of hydrogen-bond donors (Lipinski definition) is 2. The van der Waals surface area contributed by atoms with E-state index in [9.17, 15) is 4.79 Å². The van der Waals surface area contributed by atoms with Gasteiger partial charge in [0.2, 0.25) is 0 Å². The van der Waals surface area contributed by atoms with Crippen LogP contribution in [0.2, 0.25) is 0 Å². The van der Waals surface area contributed by atoms with E-state index in [1.54, 1.807) is 6.92 Å². The van der Waals surface area contributed by atoms with Gasteiger partial charge in [-0.05, 0) is 37.6 Å². The summed E-state index contributed by atoms with van der Waals surface area (Å²) >= 11 is 0. The predicted octanol–water partition coefficient (Wildman–Crippen LogP) is 2.60. The highest BCUT2D eigenvalue weighted by atomic mass is 16.5. The molecule has 0 radical (unpaired) electrons. The van der Waals surface area contributed by atoms with Gasteiger partial charge in [0.05, 0.1) is 0 Å². The second kappa shape index (κ2) is 7.01. The number of rotatable bonds is 7.